The average Bonchev–Trinajstić information content (AvgIpc) is 2.51. The van der Waals surface area contributed by atoms with Gasteiger partial charge in [-0.3, -0.25) is 0 Å². The summed E-state index contributed by atoms with van der Waals surface area (Å²) < 4.78 is 5.38. The third-order valence-electron chi connectivity index (χ3n) is 2.69. The third-order valence-corrected chi connectivity index (χ3v) is 2.69. The van der Waals surface area contributed by atoms with Gasteiger partial charge in [-0.15, -0.1) is 5.10 Å². The molecule has 0 bridgehead atoms. The van der Waals surface area contributed by atoms with Crippen LogP contribution in [-0.4, -0.2) is 22.3 Å². The summed E-state index contributed by atoms with van der Waals surface area (Å²) in [6.45, 7) is 2.71. The van der Waals surface area contributed by atoms with E-state index in [1.807, 2.05) is 0 Å². The molecule has 5 nitrogen and oxygen atoms in total. The van der Waals surface area contributed by atoms with E-state index >= 15 is 0 Å². The van der Waals surface area contributed by atoms with Crippen molar-refractivity contribution in [3.8, 4) is 0 Å². The van der Waals surface area contributed by atoms with Crippen molar-refractivity contribution in [3.05, 3.63) is 5.89 Å². The number of nitrogens with one attached hydrogen (secondary N) is 1. The lowest BCUT2D eigenvalue weighted by molar-refractivity contribution is 0.297. The van der Waals surface area contributed by atoms with Crippen LogP contribution in [0.25, 0.3) is 0 Å². The first-order valence-electron chi connectivity index (χ1n) is 5.02. The summed E-state index contributed by atoms with van der Waals surface area (Å²) in [6, 6.07) is 0.524. The fourth-order valence-corrected chi connectivity index (χ4v) is 1.62. The van der Waals surface area contributed by atoms with E-state index in [2.05, 4.69) is 22.4 Å². The number of aromatic nitrogens is 2. The molecule has 3 N–H and O–H groups in total. The molecular weight excluding hydrogens is 180 g/mol. The molecule has 0 atom stereocenters. The molecule has 5 heteroatoms. The Morgan fingerprint density at radius 3 is 2.86 bits per heavy atom. The highest BCUT2D eigenvalue weighted by Crippen LogP contribution is 2.34. The van der Waals surface area contributed by atoms with Gasteiger partial charge in [0, 0.05) is 18.5 Å². The molecule has 0 unspecified atom stereocenters. The summed E-state index contributed by atoms with van der Waals surface area (Å²) in [4.78, 5) is 0. The largest absolute Gasteiger partial charge is 0.408 e. The summed E-state index contributed by atoms with van der Waals surface area (Å²) in [7, 11) is 0. The molecule has 78 valence electrons. The van der Waals surface area contributed by atoms with Gasteiger partial charge < -0.3 is 15.5 Å². The summed E-state index contributed by atoms with van der Waals surface area (Å²) >= 11 is 0. The van der Waals surface area contributed by atoms with Gasteiger partial charge in [0.2, 0.25) is 5.89 Å². The fourth-order valence-electron chi connectivity index (χ4n) is 1.62. The van der Waals surface area contributed by atoms with Crippen LogP contribution in [-0.2, 0) is 6.42 Å². The number of hydrogen-bond acceptors (Lipinski definition) is 5. The highest BCUT2D eigenvalue weighted by molar-refractivity contribution is 5.25. The Hall–Kier alpha value is -1.10. The lowest BCUT2D eigenvalue weighted by Crippen LogP contribution is -2.41. The van der Waals surface area contributed by atoms with Gasteiger partial charge in [-0.25, -0.2) is 0 Å². The minimum atomic E-state index is 0.159. The molecule has 0 aliphatic heterocycles. The Kier molecular flexibility index (Phi) is 2.41. The molecule has 0 radical (unpaired) electrons. The summed E-state index contributed by atoms with van der Waals surface area (Å²) in [5.74, 6) is 0.609. The zero-order valence-corrected chi connectivity index (χ0v) is 8.42. The molecule has 1 aromatic rings. The Labute approximate surface area is 83.1 Å². The number of hydrogen-bond donors (Lipinski definition) is 2. The molecule has 0 aromatic carbocycles. The van der Waals surface area contributed by atoms with E-state index < -0.39 is 0 Å². The molecule has 1 aromatic heterocycles. The van der Waals surface area contributed by atoms with E-state index in [1.165, 1.54) is 19.3 Å². The summed E-state index contributed by atoms with van der Waals surface area (Å²) in [5.41, 5.74) is 5.55. The van der Waals surface area contributed by atoms with Crippen molar-refractivity contribution < 1.29 is 4.42 Å². The lowest BCUT2D eigenvalue weighted by atomic mass is 9.79. The molecule has 1 saturated carbocycles. The van der Waals surface area contributed by atoms with Crippen LogP contribution in [0.4, 0.5) is 6.01 Å². The number of rotatable bonds is 4. The maximum Gasteiger partial charge on any atom is 0.315 e. The highest BCUT2D eigenvalue weighted by Gasteiger charge is 2.32. The van der Waals surface area contributed by atoms with Gasteiger partial charge in [0.25, 0.3) is 0 Å². The van der Waals surface area contributed by atoms with E-state index in [0.717, 1.165) is 0 Å². The van der Waals surface area contributed by atoms with Crippen LogP contribution >= 0.6 is 0 Å². The molecule has 1 aliphatic carbocycles. The molecule has 14 heavy (non-hydrogen) atoms. The van der Waals surface area contributed by atoms with E-state index in [0.29, 0.717) is 24.9 Å². The quantitative estimate of drug-likeness (QED) is 0.749. The van der Waals surface area contributed by atoms with Crippen LogP contribution in [0, 0.1) is 0 Å². The van der Waals surface area contributed by atoms with Gasteiger partial charge in [-0.1, -0.05) is 5.10 Å². The van der Waals surface area contributed by atoms with E-state index in [9.17, 15) is 0 Å². The van der Waals surface area contributed by atoms with Crippen LogP contribution < -0.4 is 11.1 Å². The second-order valence-corrected chi connectivity index (χ2v) is 4.08. The molecule has 2 rings (SSSR count). The van der Waals surface area contributed by atoms with E-state index in [-0.39, 0.29) is 5.54 Å². The van der Waals surface area contributed by atoms with E-state index in [4.69, 9.17) is 10.2 Å². The number of nitrogens with zero attached hydrogens (tertiary/aromatic N) is 2. The molecule has 0 spiro atoms. The predicted molar refractivity (Wildman–Crippen MR) is 52.9 cm³/mol. The fraction of sp³-hybridized carbons (Fsp3) is 0.778. The zero-order chi connectivity index (χ0) is 10.0. The smallest absolute Gasteiger partial charge is 0.315 e. The van der Waals surface area contributed by atoms with Crippen molar-refractivity contribution in [1.29, 1.82) is 0 Å². The van der Waals surface area contributed by atoms with Gasteiger partial charge in [0.1, 0.15) is 0 Å². The molecule has 1 aliphatic rings. The molecular formula is C9H16N4O. The maximum atomic E-state index is 5.39. The average molecular weight is 196 g/mol. The van der Waals surface area contributed by atoms with Crippen LogP contribution in [0.15, 0.2) is 4.42 Å². The maximum absolute atomic E-state index is 5.39. The summed E-state index contributed by atoms with van der Waals surface area (Å²) in [6.07, 6.45) is 4.25. The lowest BCUT2D eigenvalue weighted by Gasteiger charge is -2.38. The molecule has 1 fully saturated rings. The van der Waals surface area contributed by atoms with Gasteiger partial charge >= 0.3 is 6.01 Å². The second kappa shape index (κ2) is 3.57. The van der Waals surface area contributed by atoms with Crippen LogP contribution in [0.3, 0.4) is 0 Å². The minimum absolute atomic E-state index is 0.159. The first-order chi connectivity index (χ1) is 6.72. The topological polar surface area (TPSA) is 77.0 Å². The first-order valence-corrected chi connectivity index (χ1v) is 5.02. The van der Waals surface area contributed by atoms with E-state index in [1.54, 1.807) is 0 Å². The van der Waals surface area contributed by atoms with Gasteiger partial charge in [-0.05, 0) is 26.2 Å². The number of nitrogens with two attached hydrogens (primary N) is 1. The van der Waals surface area contributed by atoms with Gasteiger partial charge in [-0.2, -0.15) is 0 Å². The Morgan fingerprint density at radius 2 is 2.29 bits per heavy atom. The monoisotopic (exact) mass is 196 g/mol. The molecule has 0 amide bonds. The summed E-state index contributed by atoms with van der Waals surface area (Å²) in [5, 5.41) is 11.1. The second-order valence-electron chi connectivity index (χ2n) is 4.08. The van der Waals surface area contributed by atoms with Gasteiger partial charge in [0.05, 0.1) is 0 Å². The van der Waals surface area contributed by atoms with Crippen molar-refractivity contribution in [1.82, 2.24) is 10.2 Å². The van der Waals surface area contributed by atoms with Crippen LogP contribution in [0.1, 0.15) is 32.1 Å². The van der Waals surface area contributed by atoms with Crippen molar-refractivity contribution in [2.24, 2.45) is 5.73 Å². The highest BCUT2D eigenvalue weighted by atomic mass is 16.4. The first kappa shape index (κ1) is 9.45. The van der Waals surface area contributed by atoms with Crippen molar-refractivity contribution in [2.45, 2.75) is 38.1 Å². The Bertz CT molecular complexity index is 306. The predicted octanol–water partition coefficient (Wildman–Crippen LogP) is 0.925. The molecule has 0 saturated heterocycles. The van der Waals surface area contributed by atoms with Crippen molar-refractivity contribution >= 4 is 6.01 Å². The zero-order valence-electron chi connectivity index (χ0n) is 8.42. The normalized spacial score (nSPS) is 19.0. The van der Waals surface area contributed by atoms with Crippen LogP contribution in [0.5, 0.6) is 0 Å². The molecule has 1 heterocycles. The van der Waals surface area contributed by atoms with Crippen LogP contribution in [0.2, 0.25) is 0 Å². The Morgan fingerprint density at radius 1 is 1.50 bits per heavy atom. The standard InChI is InChI=1S/C9H16N4O/c1-9(4-2-5-9)11-8-13-12-7(14-8)3-6-10/h2-6,10H2,1H3,(H,11,13). The van der Waals surface area contributed by atoms with Crippen molar-refractivity contribution in [2.75, 3.05) is 11.9 Å². The number of anilines is 1. The Balaban J connectivity index is 1.95. The van der Waals surface area contributed by atoms with Crippen molar-refractivity contribution in [3.63, 3.8) is 0 Å². The minimum Gasteiger partial charge on any atom is -0.408 e. The SMILES string of the molecule is CC1(Nc2nnc(CCN)o2)CCC1. The third kappa shape index (κ3) is 1.87. The van der Waals surface area contributed by atoms with Gasteiger partial charge in [0.15, 0.2) is 0 Å².